The van der Waals surface area contributed by atoms with E-state index in [-0.39, 0.29) is 0 Å². The third-order valence-corrected chi connectivity index (χ3v) is 3.25. The van der Waals surface area contributed by atoms with Crippen LogP contribution in [0.15, 0.2) is 36.5 Å². The van der Waals surface area contributed by atoms with Crippen LogP contribution in [-0.4, -0.2) is 16.5 Å². The van der Waals surface area contributed by atoms with E-state index in [1.165, 1.54) is 11.1 Å². The number of benzene rings is 1. The van der Waals surface area contributed by atoms with Gasteiger partial charge in [-0.2, -0.15) is 0 Å². The molecule has 0 N–H and O–H groups in total. The van der Waals surface area contributed by atoms with Gasteiger partial charge in [-0.1, -0.05) is 24.3 Å². The Morgan fingerprint density at radius 3 is 2.76 bits per heavy atom. The highest BCUT2D eigenvalue weighted by atomic mass is 35.5. The van der Waals surface area contributed by atoms with Gasteiger partial charge >= 0.3 is 0 Å². The number of anilines is 1. The van der Waals surface area contributed by atoms with Gasteiger partial charge in [0.25, 0.3) is 0 Å². The standard InChI is InChI=1S/C13H12ClN3/c14-13-15-7-5-12(16-13)17-8-6-10-3-1-2-4-11(10)9-17/h1-5,7H,6,8-9H2. The first-order chi connectivity index (χ1) is 8.33. The topological polar surface area (TPSA) is 29.0 Å². The molecule has 3 nitrogen and oxygen atoms in total. The van der Waals surface area contributed by atoms with Gasteiger partial charge < -0.3 is 4.90 Å². The minimum absolute atomic E-state index is 0.307. The third-order valence-electron chi connectivity index (χ3n) is 3.07. The van der Waals surface area contributed by atoms with Crippen LogP contribution in [0.1, 0.15) is 11.1 Å². The molecule has 2 heterocycles. The predicted molar refractivity (Wildman–Crippen MR) is 68.2 cm³/mol. The number of halogens is 1. The first-order valence-electron chi connectivity index (χ1n) is 5.63. The monoisotopic (exact) mass is 245 g/mol. The first-order valence-corrected chi connectivity index (χ1v) is 6.01. The number of nitrogens with zero attached hydrogens (tertiary/aromatic N) is 3. The Bertz CT molecular complexity index is 542. The fraction of sp³-hybridized carbons (Fsp3) is 0.231. The van der Waals surface area contributed by atoms with Gasteiger partial charge in [0.1, 0.15) is 5.82 Å². The molecule has 86 valence electrons. The lowest BCUT2D eigenvalue weighted by Gasteiger charge is -2.29. The lowest BCUT2D eigenvalue weighted by Crippen LogP contribution is -2.30. The maximum absolute atomic E-state index is 5.82. The van der Waals surface area contributed by atoms with Crippen LogP contribution < -0.4 is 4.90 Å². The molecular weight excluding hydrogens is 234 g/mol. The average Bonchev–Trinajstić information content (AvgIpc) is 2.38. The molecule has 0 saturated carbocycles. The highest BCUT2D eigenvalue weighted by Gasteiger charge is 2.16. The van der Waals surface area contributed by atoms with Crippen molar-refractivity contribution in [2.75, 3.05) is 11.4 Å². The van der Waals surface area contributed by atoms with Crippen molar-refractivity contribution >= 4 is 17.4 Å². The summed E-state index contributed by atoms with van der Waals surface area (Å²) in [6, 6.07) is 10.4. The summed E-state index contributed by atoms with van der Waals surface area (Å²) in [5, 5.41) is 0.307. The quantitative estimate of drug-likeness (QED) is 0.724. The van der Waals surface area contributed by atoms with Crippen molar-refractivity contribution in [2.45, 2.75) is 13.0 Å². The van der Waals surface area contributed by atoms with Crippen LogP contribution in [0.3, 0.4) is 0 Å². The molecule has 0 bridgehead atoms. The molecule has 1 aliphatic heterocycles. The molecule has 1 aromatic carbocycles. The largest absolute Gasteiger partial charge is 0.352 e. The van der Waals surface area contributed by atoms with Crippen molar-refractivity contribution in [3.05, 3.63) is 52.9 Å². The van der Waals surface area contributed by atoms with Crippen molar-refractivity contribution < 1.29 is 0 Å². The SMILES string of the molecule is Clc1nccc(N2CCc3ccccc3C2)n1. The fourth-order valence-electron chi connectivity index (χ4n) is 2.19. The van der Waals surface area contributed by atoms with Crippen LogP contribution in [0, 0.1) is 0 Å². The Balaban J connectivity index is 1.89. The van der Waals surface area contributed by atoms with Crippen molar-refractivity contribution in [3.63, 3.8) is 0 Å². The van der Waals surface area contributed by atoms with Crippen molar-refractivity contribution in [2.24, 2.45) is 0 Å². The van der Waals surface area contributed by atoms with Gasteiger partial charge in [0.15, 0.2) is 0 Å². The highest BCUT2D eigenvalue weighted by molar-refractivity contribution is 6.28. The summed E-state index contributed by atoms with van der Waals surface area (Å²) < 4.78 is 0. The number of hydrogen-bond acceptors (Lipinski definition) is 3. The molecule has 0 amide bonds. The van der Waals surface area contributed by atoms with E-state index in [4.69, 9.17) is 11.6 Å². The molecule has 0 atom stereocenters. The summed E-state index contributed by atoms with van der Waals surface area (Å²) >= 11 is 5.82. The predicted octanol–water partition coefficient (Wildman–Crippen LogP) is 2.69. The molecule has 0 radical (unpaired) electrons. The van der Waals surface area contributed by atoms with Gasteiger partial charge in [0.05, 0.1) is 0 Å². The summed E-state index contributed by atoms with van der Waals surface area (Å²) in [6.07, 6.45) is 2.75. The van der Waals surface area contributed by atoms with Crippen molar-refractivity contribution in [1.82, 2.24) is 9.97 Å². The molecule has 0 saturated heterocycles. The molecule has 17 heavy (non-hydrogen) atoms. The first kappa shape index (κ1) is 10.5. The van der Waals surface area contributed by atoms with Gasteiger partial charge in [0, 0.05) is 19.3 Å². The zero-order chi connectivity index (χ0) is 11.7. The van der Waals surface area contributed by atoms with Crippen LogP contribution in [0.4, 0.5) is 5.82 Å². The van der Waals surface area contributed by atoms with Crippen LogP contribution in [0.25, 0.3) is 0 Å². The van der Waals surface area contributed by atoms with Crippen molar-refractivity contribution in [3.8, 4) is 0 Å². The van der Waals surface area contributed by atoms with Crippen LogP contribution in [0.5, 0.6) is 0 Å². The lowest BCUT2D eigenvalue weighted by molar-refractivity contribution is 0.719. The van der Waals surface area contributed by atoms with E-state index in [1.807, 2.05) is 6.07 Å². The van der Waals surface area contributed by atoms with E-state index in [2.05, 4.69) is 39.1 Å². The lowest BCUT2D eigenvalue weighted by atomic mass is 10.00. The average molecular weight is 246 g/mol. The Kier molecular flexibility index (Phi) is 2.69. The van der Waals surface area contributed by atoms with Crippen molar-refractivity contribution in [1.29, 1.82) is 0 Å². The van der Waals surface area contributed by atoms with Gasteiger partial charge in [-0.3, -0.25) is 0 Å². The molecule has 0 unspecified atom stereocenters. The van der Waals surface area contributed by atoms with E-state index >= 15 is 0 Å². The summed E-state index contributed by atoms with van der Waals surface area (Å²) in [5.41, 5.74) is 2.80. The van der Waals surface area contributed by atoms with E-state index in [9.17, 15) is 0 Å². The molecular formula is C13H12ClN3. The maximum atomic E-state index is 5.82. The second-order valence-electron chi connectivity index (χ2n) is 4.12. The zero-order valence-electron chi connectivity index (χ0n) is 9.31. The Hall–Kier alpha value is -1.61. The molecule has 4 heteroatoms. The van der Waals surface area contributed by atoms with Gasteiger partial charge in [-0.05, 0) is 35.2 Å². The third kappa shape index (κ3) is 2.11. The number of hydrogen-bond donors (Lipinski definition) is 0. The highest BCUT2D eigenvalue weighted by Crippen LogP contribution is 2.23. The van der Waals surface area contributed by atoms with E-state index in [0.717, 1.165) is 25.3 Å². The molecule has 1 aromatic heterocycles. The number of aromatic nitrogens is 2. The Morgan fingerprint density at radius 1 is 1.12 bits per heavy atom. The van der Waals surface area contributed by atoms with Gasteiger partial charge in [-0.25, -0.2) is 9.97 Å². The number of fused-ring (bicyclic) bond motifs is 1. The van der Waals surface area contributed by atoms with Gasteiger partial charge in [0.2, 0.25) is 5.28 Å². The second kappa shape index (κ2) is 4.34. The zero-order valence-corrected chi connectivity index (χ0v) is 10.1. The van der Waals surface area contributed by atoms with Crippen LogP contribution in [-0.2, 0) is 13.0 Å². The normalized spacial score (nSPS) is 14.5. The van der Waals surface area contributed by atoms with Crippen LogP contribution in [0.2, 0.25) is 5.28 Å². The summed E-state index contributed by atoms with van der Waals surface area (Å²) in [7, 11) is 0. The van der Waals surface area contributed by atoms with E-state index in [0.29, 0.717) is 5.28 Å². The Labute approximate surface area is 105 Å². The minimum Gasteiger partial charge on any atom is -0.352 e. The second-order valence-corrected chi connectivity index (χ2v) is 4.46. The van der Waals surface area contributed by atoms with Crippen LogP contribution >= 0.6 is 11.6 Å². The maximum Gasteiger partial charge on any atom is 0.224 e. The smallest absolute Gasteiger partial charge is 0.224 e. The molecule has 2 aromatic rings. The Morgan fingerprint density at radius 2 is 1.94 bits per heavy atom. The molecule has 0 spiro atoms. The number of rotatable bonds is 1. The molecule has 0 aliphatic carbocycles. The van der Waals surface area contributed by atoms with E-state index < -0.39 is 0 Å². The summed E-state index contributed by atoms with van der Waals surface area (Å²) in [6.45, 7) is 1.87. The van der Waals surface area contributed by atoms with E-state index in [1.54, 1.807) is 6.20 Å². The molecule has 0 fully saturated rings. The molecule has 3 rings (SSSR count). The summed E-state index contributed by atoms with van der Waals surface area (Å²) in [5.74, 6) is 0.902. The minimum atomic E-state index is 0.307. The molecule has 1 aliphatic rings. The fourth-order valence-corrected chi connectivity index (χ4v) is 2.34. The van der Waals surface area contributed by atoms with Gasteiger partial charge in [-0.15, -0.1) is 0 Å². The summed E-state index contributed by atoms with van der Waals surface area (Å²) in [4.78, 5) is 10.4.